The second-order valence-electron chi connectivity index (χ2n) is 15.1. The van der Waals surface area contributed by atoms with Crippen LogP contribution in [0.5, 0.6) is 0 Å². The molecule has 4 nitrogen and oxygen atoms in total. The fraction of sp³-hybridized carbons (Fsp3) is 0.0588. The van der Waals surface area contributed by atoms with Gasteiger partial charge in [0.15, 0.2) is 0 Å². The van der Waals surface area contributed by atoms with Gasteiger partial charge in [-0.05, 0) is 92.7 Å². The van der Waals surface area contributed by atoms with Crippen molar-refractivity contribution in [2.75, 3.05) is 0 Å². The standard InChI is InChI=1S/C51H32N4/c1-51(2)41-19-11-9-17-36(41)38-28-48-39(27-42(38)51)37-18-10-12-20-44(37)55(48)49-26-34(30-52)47(29-43(49)53-3)54-45-23-22-33(31-13-5-4-6-14-31)25-40(45)50-35-16-8-7-15-32(35)21-24-46(50)54/h4-29H,1-2H3. The summed E-state index contributed by atoms with van der Waals surface area (Å²) in [6, 6.07) is 58.0. The van der Waals surface area contributed by atoms with Crippen LogP contribution in [0.2, 0.25) is 0 Å². The number of fused-ring (bicyclic) bond motifs is 11. The lowest BCUT2D eigenvalue weighted by Gasteiger charge is -2.21. The van der Waals surface area contributed by atoms with Crippen molar-refractivity contribution in [2.24, 2.45) is 0 Å². The van der Waals surface area contributed by atoms with Crippen LogP contribution in [-0.4, -0.2) is 9.13 Å². The van der Waals surface area contributed by atoms with E-state index < -0.39 is 0 Å². The van der Waals surface area contributed by atoms with E-state index in [9.17, 15) is 5.26 Å². The monoisotopic (exact) mass is 700 g/mol. The first-order chi connectivity index (χ1) is 27.0. The third-order valence-electron chi connectivity index (χ3n) is 12.0. The van der Waals surface area contributed by atoms with Crippen molar-refractivity contribution in [3.63, 3.8) is 0 Å². The molecule has 0 saturated carbocycles. The van der Waals surface area contributed by atoms with Crippen molar-refractivity contribution in [1.82, 2.24) is 9.13 Å². The summed E-state index contributed by atoms with van der Waals surface area (Å²) in [6.07, 6.45) is 0. The summed E-state index contributed by atoms with van der Waals surface area (Å²) in [5.41, 5.74) is 13.6. The second-order valence-corrected chi connectivity index (χ2v) is 15.1. The quantitative estimate of drug-likeness (QED) is 0.169. The molecule has 8 aromatic carbocycles. The zero-order valence-electron chi connectivity index (χ0n) is 30.3. The third-order valence-corrected chi connectivity index (χ3v) is 12.0. The molecule has 0 amide bonds. The Labute approximate surface area is 318 Å². The molecule has 1 aliphatic rings. The van der Waals surface area contributed by atoms with E-state index >= 15 is 0 Å². The molecule has 10 aromatic rings. The van der Waals surface area contributed by atoms with E-state index in [1.54, 1.807) is 0 Å². The maximum Gasteiger partial charge on any atom is 0.212 e. The van der Waals surface area contributed by atoms with Gasteiger partial charge in [0.2, 0.25) is 5.69 Å². The molecule has 2 heterocycles. The van der Waals surface area contributed by atoms with Crippen LogP contribution in [-0.2, 0) is 5.41 Å². The van der Waals surface area contributed by atoms with Crippen molar-refractivity contribution < 1.29 is 0 Å². The Balaban J connectivity index is 1.20. The minimum atomic E-state index is -0.143. The van der Waals surface area contributed by atoms with Gasteiger partial charge in [-0.15, -0.1) is 0 Å². The van der Waals surface area contributed by atoms with Crippen LogP contribution in [0.1, 0.15) is 30.5 Å². The first-order valence-corrected chi connectivity index (χ1v) is 18.6. The van der Waals surface area contributed by atoms with Crippen molar-refractivity contribution in [2.45, 2.75) is 19.3 Å². The maximum atomic E-state index is 11.0. The van der Waals surface area contributed by atoms with Gasteiger partial charge in [0.1, 0.15) is 6.07 Å². The molecule has 1 aliphatic carbocycles. The van der Waals surface area contributed by atoms with E-state index in [0.29, 0.717) is 22.6 Å². The summed E-state index contributed by atoms with van der Waals surface area (Å²) in [7, 11) is 0. The summed E-state index contributed by atoms with van der Waals surface area (Å²) in [5, 5.41) is 17.8. The molecule has 55 heavy (non-hydrogen) atoms. The molecule has 0 aliphatic heterocycles. The normalized spacial score (nSPS) is 13.0. The fourth-order valence-corrected chi connectivity index (χ4v) is 9.39. The number of benzene rings is 8. The third kappa shape index (κ3) is 4.25. The van der Waals surface area contributed by atoms with E-state index in [4.69, 9.17) is 6.57 Å². The van der Waals surface area contributed by atoms with E-state index in [-0.39, 0.29) is 5.41 Å². The van der Waals surface area contributed by atoms with Crippen LogP contribution in [0.25, 0.3) is 92.9 Å². The Morgan fingerprint density at radius 3 is 2.07 bits per heavy atom. The van der Waals surface area contributed by atoms with Gasteiger partial charge >= 0.3 is 0 Å². The highest BCUT2D eigenvalue weighted by atomic mass is 15.0. The lowest BCUT2D eigenvalue weighted by atomic mass is 9.82. The molecule has 4 heteroatoms. The van der Waals surface area contributed by atoms with Gasteiger partial charge in [0, 0.05) is 27.0 Å². The van der Waals surface area contributed by atoms with Gasteiger partial charge < -0.3 is 9.13 Å². The number of hydrogen-bond donors (Lipinski definition) is 0. The number of hydrogen-bond acceptors (Lipinski definition) is 1. The largest absolute Gasteiger partial charge is 0.319 e. The first-order valence-electron chi connectivity index (χ1n) is 18.6. The highest BCUT2D eigenvalue weighted by molar-refractivity contribution is 6.22. The molecule has 256 valence electrons. The first kappa shape index (κ1) is 31.2. The predicted molar refractivity (Wildman–Crippen MR) is 227 cm³/mol. The summed E-state index contributed by atoms with van der Waals surface area (Å²) in [4.78, 5) is 4.19. The summed E-state index contributed by atoms with van der Waals surface area (Å²) in [5.74, 6) is 0. The Kier molecular flexibility index (Phi) is 6.40. The molecule has 0 fully saturated rings. The summed E-state index contributed by atoms with van der Waals surface area (Å²) in [6.45, 7) is 13.2. The van der Waals surface area contributed by atoms with Gasteiger partial charge in [0.05, 0.1) is 45.6 Å². The Morgan fingerprint density at radius 1 is 0.527 bits per heavy atom. The lowest BCUT2D eigenvalue weighted by molar-refractivity contribution is 0.661. The SMILES string of the molecule is [C-]#[N+]c1cc(-n2c3ccc(-c4ccccc4)cc3c3c4ccccc4ccc32)c(C#N)cc1-n1c2ccccc2c2cc3c(cc21)-c1ccccc1C3(C)C. The molecule has 0 bridgehead atoms. The van der Waals surface area contributed by atoms with Gasteiger partial charge in [0.25, 0.3) is 0 Å². The molecule has 11 rings (SSSR count). The second kappa shape index (κ2) is 11.3. The average Bonchev–Trinajstić information content (AvgIpc) is 3.82. The van der Waals surface area contributed by atoms with Crippen molar-refractivity contribution >= 4 is 60.1 Å². The molecular weight excluding hydrogens is 669 g/mol. The van der Waals surface area contributed by atoms with E-state index in [1.165, 1.54) is 22.3 Å². The predicted octanol–water partition coefficient (Wildman–Crippen LogP) is 13.4. The molecule has 0 atom stereocenters. The number of nitriles is 1. The fourth-order valence-electron chi connectivity index (χ4n) is 9.39. The number of para-hydroxylation sites is 1. The van der Waals surface area contributed by atoms with Crippen LogP contribution < -0.4 is 0 Å². The number of nitrogens with zero attached hydrogens (tertiary/aromatic N) is 4. The van der Waals surface area contributed by atoms with Crippen LogP contribution in [0.4, 0.5) is 5.69 Å². The Morgan fingerprint density at radius 2 is 1.24 bits per heavy atom. The minimum absolute atomic E-state index is 0.143. The molecule has 0 N–H and O–H groups in total. The van der Waals surface area contributed by atoms with Crippen LogP contribution >= 0.6 is 0 Å². The molecule has 0 radical (unpaired) electrons. The summed E-state index contributed by atoms with van der Waals surface area (Å²) >= 11 is 0. The van der Waals surface area contributed by atoms with Crippen LogP contribution in [0, 0.1) is 17.9 Å². The molecule has 0 saturated heterocycles. The summed E-state index contributed by atoms with van der Waals surface area (Å²) < 4.78 is 4.38. The van der Waals surface area contributed by atoms with Crippen molar-refractivity contribution in [3.05, 3.63) is 186 Å². The van der Waals surface area contributed by atoms with E-state index in [0.717, 1.165) is 65.5 Å². The Hall–Kier alpha value is -7.40. The Bertz CT molecular complexity index is 3360. The topological polar surface area (TPSA) is 38.0 Å². The average molecular weight is 701 g/mol. The number of aromatic nitrogens is 2. The smallest absolute Gasteiger partial charge is 0.212 e. The molecule has 2 aromatic heterocycles. The van der Waals surface area contributed by atoms with Crippen LogP contribution in [0.15, 0.2) is 158 Å². The highest BCUT2D eigenvalue weighted by Gasteiger charge is 2.36. The van der Waals surface area contributed by atoms with Gasteiger partial charge in [-0.25, -0.2) is 4.85 Å². The lowest BCUT2D eigenvalue weighted by Crippen LogP contribution is -2.14. The minimum Gasteiger partial charge on any atom is -0.319 e. The maximum absolute atomic E-state index is 11.0. The molecule has 0 spiro atoms. The van der Waals surface area contributed by atoms with Gasteiger partial charge in [-0.2, -0.15) is 5.26 Å². The van der Waals surface area contributed by atoms with Gasteiger partial charge in [-0.1, -0.05) is 123 Å². The van der Waals surface area contributed by atoms with E-state index in [2.05, 4.69) is 167 Å². The van der Waals surface area contributed by atoms with E-state index in [1.807, 2.05) is 24.3 Å². The zero-order valence-corrected chi connectivity index (χ0v) is 30.3. The highest BCUT2D eigenvalue weighted by Crippen LogP contribution is 2.51. The van der Waals surface area contributed by atoms with Crippen molar-refractivity contribution in [1.29, 1.82) is 5.26 Å². The molecular formula is C51H32N4. The zero-order chi connectivity index (χ0) is 37.0. The van der Waals surface area contributed by atoms with Gasteiger partial charge in [-0.3, -0.25) is 0 Å². The number of rotatable bonds is 3. The van der Waals surface area contributed by atoms with Crippen molar-refractivity contribution in [3.8, 4) is 39.7 Å². The molecule has 0 unspecified atom stereocenters. The van der Waals surface area contributed by atoms with Crippen LogP contribution in [0.3, 0.4) is 0 Å².